The van der Waals surface area contributed by atoms with Gasteiger partial charge in [0.05, 0.1) is 19.9 Å². The second-order valence-electron chi connectivity index (χ2n) is 7.76. The van der Waals surface area contributed by atoms with E-state index in [-0.39, 0.29) is 5.91 Å². The second kappa shape index (κ2) is 10.9. The number of para-hydroxylation sites is 3. The van der Waals surface area contributed by atoms with Gasteiger partial charge in [0.25, 0.3) is 5.91 Å². The van der Waals surface area contributed by atoms with Crippen LogP contribution in [0.25, 0.3) is 6.08 Å². The highest BCUT2D eigenvalue weighted by molar-refractivity contribution is 7.80. The molecule has 0 aliphatic carbocycles. The number of hydrogen-bond donors (Lipinski definition) is 1. The van der Waals surface area contributed by atoms with E-state index in [1.807, 2.05) is 60.7 Å². The van der Waals surface area contributed by atoms with Gasteiger partial charge >= 0.3 is 0 Å². The lowest BCUT2D eigenvalue weighted by Gasteiger charge is -2.17. The van der Waals surface area contributed by atoms with Gasteiger partial charge in [0.2, 0.25) is 0 Å². The molecule has 0 saturated carbocycles. The van der Waals surface area contributed by atoms with Crippen molar-refractivity contribution in [3.63, 3.8) is 0 Å². The minimum Gasteiger partial charge on any atom is -0.496 e. The molecule has 1 fully saturated rings. The van der Waals surface area contributed by atoms with Crippen molar-refractivity contribution in [1.82, 2.24) is 5.32 Å². The van der Waals surface area contributed by atoms with Crippen molar-refractivity contribution in [2.24, 2.45) is 0 Å². The molecule has 1 N–H and O–H groups in total. The van der Waals surface area contributed by atoms with Crippen LogP contribution in [0, 0.1) is 0 Å². The number of ether oxygens (including phenoxy) is 3. The summed E-state index contributed by atoms with van der Waals surface area (Å²) >= 11 is 5.45. The van der Waals surface area contributed by atoms with Crippen LogP contribution in [0.4, 0.5) is 5.69 Å². The summed E-state index contributed by atoms with van der Waals surface area (Å²) in [6.07, 6.45) is 4.33. The molecule has 0 bridgehead atoms. The number of nitrogens with one attached hydrogen (secondary N) is 1. The van der Waals surface area contributed by atoms with E-state index in [1.54, 1.807) is 32.4 Å². The van der Waals surface area contributed by atoms with Crippen LogP contribution in [-0.2, 0) is 17.8 Å². The lowest BCUT2D eigenvalue weighted by atomic mass is 10.1. The zero-order chi connectivity index (χ0) is 24.8. The van der Waals surface area contributed by atoms with Crippen LogP contribution >= 0.6 is 12.2 Å². The lowest BCUT2D eigenvalue weighted by molar-refractivity contribution is -0.113. The average Bonchev–Trinajstić information content (AvgIpc) is 3.15. The number of benzene rings is 3. The van der Waals surface area contributed by atoms with Crippen molar-refractivity contribution in [2.75, 3.05) is 19.1 Å². The van der Waals surface area contributed by atoms with Gasteiger partial charge in [0, 0.05) is 5.56 Å². The predicted octanol–water partition coefficient (Wildman–Crippen LogP) is 5.27. The molecular formula is C28H26N2O4S. The van der Waals surface area contributed by atoms with Crippen LogP contribution in [0.15, 0.2) is 85.1 Å². The quantitative estimate of drug-likeness (QED) is 0.253. The van der Waals surface area contributed by atoms with Gasteiger partial charge in [-0.1, -0.05) is 42.5 Å². The first-order valence-corrected chi connectivity index (χ1v) is 11.4. The van der Waals surface area contributed by atoms with Crippen molar-refractivity contribution < 1.29 is 19.0 Å². The van der Waals surface area contributed by atoms with E-state index < -0.39 is 0 Å². The van der Waals surface area contributed by atoms with Crippen molar-refractivity contribution in [2.45, 2.75) is 13.0 Å². The fourth-order valence-electron chi connectivity index (χ4n) is 3.86. The number of carbonyl (C=O) groups excluding carboxylic acids is 1. The predicted molar refractivity (Wildman–Crippen MR) is 142 cm³/mol. The van der Waals surface area contributed by atoms with Crippen LogP contribution < -0.4 is 24.4 Å². The van der Waals surface area contributed by atoms with Crippen molar-refractivity contribution >= 4 is 35.0 Å². The highest BCUT2D eigenvalue weighted by Crippen LogP contribution is 2.32. The molecule has 0 unspecified atom stereocenters. The number of anilines is 1. The Morgan fingerprint density at radius 3 is 2.40 bits per heavy atom. The van der Waals surface area contributed by atoms with Crippen molar-refractivity contribution in [1.29, 1.82) is 0 Å². The van der Waals surface area contributed by atoms with E-state index in [1.165, 1.54) is 4.90 Å². The SMILES string of the molecule is C=CCc1ccccc1OCc1cc(/C=C2/NC(=S)N(c3ccccc3OC)C2=O)ccc1OC. The number of carbonyl (C=O) groups is 1. The first-order chi connectivity index (χ1) is 17.0. The van der Waals surface area contributed by atoms with Gasteiger partial charge in [-0.05, 0) is 66.2 Å². The normalized spacial score (nSPS) is 14.1. The maximum absolute atomic E-state index is 13.2. The topological polar surface area (TPSA) is 60.0 Å². The van der Waals surface area contributed by atoms with Gasteiger partial charge in [-0.15, -0.1) is 6.58 Å². The Kier molecular flexibility index (Phi) is 7.48. The number of hydrogen-bond acceptors (Lipinski definition) is 5. The Hall–Kier alpha value is -4.10. The summed E-state index contributed by atoms with van der Waals surface area (Å²) in [5.41, 5.74) is 3.68. The minimum atomic E-state index is -0.258. The highest BCUT2D eigenvalue weighted by atomic mass is 32.1. The zero-order valence-electron chi connectivity index (χ0n) is 19.6. The molecule has 1 heterocycles. The molecule has 1 saturated heterocycles. The van der Waals surface area contributed by atoms with Crippen molar-refractivity contribution in [3.8, 4) is 17.2 Å². The van der Waals surface area contributed by atoms with Crippen LogP contribution in [0.2, 0.25) is 0 Å². The average molecular weight is 487 g/mol. The first-order valence-electron chi connectivity index (χ1n) is 11.0. The lowest BCUT2D eigenvalue weighted by Crippen LogP contribution is -2.30. The fourth-order valence-corrected chi connectivity index (χ4v) is 4.15. The summed E-state index contributed by atoms with van der Waals surface area (Å²) < 4.78 is 17.0. The van der Waals surface area contributed by atoms with E-state index in [4.69, 9.17) is 26.4 Å². The van der Waals surface area contributed by atoms with Crippen molar-refractivity contribution in [3.05, 3.63) is 102 Å². The van der Waals surface area contributed by atoms with Gasteiger partial charge in [-0.25, -0.2) is 4.90 Å². The molecule has 4 rings (SSSR count). The molecule has 35 heavy (non-hydrogen) atoms. The number of methoxy groups -OCH3 is 2. The third-order valence-corrected chi connectivity index (χ3v) is 5.82. The summed E-state index contributed by atoms with van der Waals surface area (Å²) in [6.45, 7) is 4.12. The highest BCUT2D eigenvalue weighted by Gasteiger charge is 2.33. The third-order valence-electron chi connectivity index (χ3n) is 5.54. The van der Waals surface area contributed by atoms with Gasteiger partial charge < -0.3 is 19.5 Å². The smallest absolute Gasteiger partial charge is 0.281 e. The van der Waals surface area contributed by atoms with Crippen LogP contribution in [0.3, 0.4) is 0 Å². The molecule has 178 valence electrons. The monoisotopic (exact) mass is 486 g/mol. The summed E-state index contributed by atoms with van der Waals surface area (Å²) in [6, 6.07) is 20.8. The summed E-state index contributed by atoms with van der Waals surface area (Å²) in [5.74, 6) is 1.80. The van der Waals surface area contributed by atoms with E-state index in [0.717, 1.165) is 28.9 Å². The summed E-state index contributed by atoms with van der Waals surface area (Å²) in [5, 5.41) is 3.31. The van der Waals surface area contributed by atoms with E-state index in [0.29, 0.717) is 34.6 Å². The van der Waals surface area contributed by atoms with Gasteiger partial charge in [-0.2, -0.15) is 0 Å². The van der Waals surface area contributed by atoms with Crippen LogP contribution in [0.1, 0.15) is 16.7 Å². The molecule has 0 spiro atoms. The molecule has 1 aliphatic heterocycles. The van der Waals surface area contributed by atoms with Gasteiger partial charge in [0.1, 0.15) is 29.6 Å². The Labute approximate surface area is 210 Å². The van der Waals surface area contributed by atoms with E-state index in [2.05, 4.69) is 11.9 Å². The van der Waals surface area contributed by atoms with Gasteiger partial charge in [-0.3, -0.25) is 4.79 Å². The molecule has 0 radical (unpaired) electrons. The molecule has 0 atom stereocenters. The van der Waals surface area contributed by atoms with E-state index in [9.17, 15) is 4.79 Å². The summed E-state index contributed by atoms with van der Waals surface area (Å²) in [7, 11) is 3.18. The maximum Gasteiger partial charge on any atom is 0.281 e. The Morgan fingerprint density at radius 2 is 1.66 bits per heavy atom. The molecule has 3 aromatic carbocycles. The Balaban J connectivity index is 1.59. The molecule has 1 amide bonds. The molecule has 1 aliphatic rings. The largest absolute Gasteiger partial charge is 0.496 e. The number of amides is 1. The second-order valence-corrected chi connectivity index (χ2v) is 8.15. The van der Waals surface area contributed by atoms with Crippen LogP contribution in [0.5, 0.6) is 17.2 Å². The minimum absolute atomic E-state index is 0.258. The molecular weight excluding hydrogens is 460 g/mol. The standard InChI is InChI=1S/C28H26N2O4S/c1-4-9-20-10-5-7-12-25(20)34-18-21-16-19(14-15-24(21)32-2)17-22-27(31)30(28(35)29-22)23-11-6-8-13-26(23)33-3/h4-8,10-17H,1,9,18H2,2-3H3,(H,29,35)/b22-17+. The Morgan fingerprint density at radius 1 is 0.943 bits per heavy atom. The molecule has 0 aromatic heterocycles. The zero-order valence-corrected chi connectivity index (χ0v) is 20.4. The number of rotatable bonds is 9. The number of thiocarbonyl (C=S) groups is 1. The molecule has 3 aromatic rings. The van der Waals surface area contributed by atoms with E-state index >= 15 is 0 Å². The fraction of sp³-hybridized carbons (Fsp3) is 0.143. The summed E-state index contributed by atoms with van der Waals surface area (Å²) in [4.78, 5) is 14.6. The molecule has 7 heteroatoms. The number of allylic oxidation sites excluding steroid dienone is 1. The van der Waals surface area contributed by atoms with Gasteiger partial charge in [0.15, 0.2) is 5.11 Å². The Bertz CT molecular complexity index is 1300. The maximum atomic E-state index is 13.2. The number of nitrogens with zero attached hydrogens (tertiary/aromatic N) is 1. The first kappa shape index (κ1) is 24.0. The molecule has 6 nitrogen and oxygen atoms in total. The third kappa shape index (κ3) is 5.20. The van der Waals surface area contributed by atoms with Crippen LogP contribution in [-0.4, -0.2) is 25.2 Å².